The van der Waals surface area contributed by atoms with Crippen molar-refractivity contribution < 1.29 is 4.74 Å². The predicted molar refractivity (Wildman–Crippen MR) is 88.8 cm³/mol. The molecular weight excluding hydrogens is 282 g/mol. The Morgan fingerprint density at radius 3 is 2.81 bits per heavy atom. The quantitative estimate of drug-likeness (QED) is 0.549. The summed E-state index contributed by atoms with van der Waals surface area (Å²) < 4.78 is 5.45. The number of nitrogens with one attached hydrogen (secondary N) is 1. The summed E-state index contributed by atoms with van der Waals surface area (Å²) in [5.74, 6) is 3.76. The Kier molecular flexibility index (Phi) is 7.30. The molecule has 0 aromatic carbocycles. The van der Waals surface area contributed by atoms with Gasteiger partial charge in [0.2, 0.25) is 0 Å². The normalized spacial score (nSPS) is 15.5. The van der Waals surface area contributed by atoms with Gasteiger partial charge in [0.1, 0.15) is 17.5 Å². The Bertz CT molecular complexity index is 396. The molecule has 4 nitrogen and oxygen atoms in total. The van der Waals surface area contributed by atoms with Gasteiger partial charge in [0.15, 0.2) is 5.82 Å². The van der Waals surface area contributed by atoms with E-state index in [0.717, 1.165) is 35.6 Å². The predicted octanol–water partition coefficient (Wildman–Crippen LogP) is 4.12. The van der Waals surface area contributed by atoms with Crippen LogP contribution in [0.2, 0.25) is 0 Å². The Balaban J connectivity index is 1.98. The summed E-state index contributed by atoms with van der Waals surface area (Å²) in [6.45, 7) is 6.29. The number of aromatic nitrogens is 2. The molecule has 0 aliphatic heterocycles. The van der Waals surface area contributed by atoms with Gasteiger partial charge >= 0.3 is 0 Å². The molecule has 0 unspecified atom stereocenters. The van der Waals surface area contributed by atoms with Gasteiger partial charge in [-0.2, -0.15) is 0 Å². The van der Waals surface area contributed by atoms with Crippen LogP contribution in [-0.2, 0) is 11.3 Å². The van der Waals surface area contributed by atoms with Crippen molar-refractivity contribution in [2.75, 3.05) is 24.2 Å². The third-order valence-electron chi connectivity index (χ3n) is 3.68. The van der Waals surface area contributed by atoms with Crippen LogP contribution in [0, 0.1) is 5.92 Å². The minimum absolute atomic E-state index is 0.495. The maximum atomic E-state index is 5.45. The Morgan fingerprint density at radius 2 is 2.10 bits per heavy atom. The molecule has 0 amide bonds. The molecule has 1 aromatic rings. The third kappa shape index (κ3) is 5.83. The first kappa shape index (κ1) is 16.6. The highest BCUT2D eigenvalue weighted by Gasteiger charge is 2.16. The number of hydrogen-bond acceptors (Lipinski definition) is 5. The van der Waals surface area contributed by atoms with Crippen molar-refractivity contribution in [2.45, 2.75) is 57.6 Å². The number of thioether (sulfide) groups is 1. The van der Waals surface area contributed by atoms with E-state index in [9.17, 15) is 0 Å². The summed E-state index contributed by atoms with van der Waals surface area (Å²) in [6, 6.07) is 2.07. The molecule has 21 heavy (non-hydrogen) atoms. The minimum atomic E-state index is 0.495. The van der Waals surface area contributed by atoms with Crippen LogP contribution in [0.5, 0.6) is 0 Å². The van der Waals surface area contributed by atoms with Gasteiger partial charge in [-0.25, -0.2) is 9.97 Å². The first-order valence-corrected chi connectivity index (χ1v) is 9.12. The van der Waals surface area contributed by atoms with Crippen molar-refractivity contribution in [1.82, 2.24) is 9.97 Å². The van der Waals surface area contributed by atoms with Gasteiger partial charge in [-0.3, -0.25) is 0 Å². The highest BCUT2D eigenvalue weighted by Crippen LogP contribution is 2.30. The van der Waals surface area contributed by atoms with Gasteiger partial charge in [-0.15, -0.1) is 11.8 Å². The number of rotatable bonds is 9. The number of ether oxygens (including phenoxy) is 1. The van der Waals surface area contributed by atoms with Crippen LogP contribution < -0.4 is 5.32 Å². The van der Waals surface area contributed by atoms with Gasteiger partial charge in [0, 0.05) is 25.0 Å². The molecule has 0 saturated heterocycles. The van der Waals surface area contributed by atoms with E-state index in [1.807, 2.05) is 18.7 Å². The zero-order valence-electron chi connectivity index (χ0n) is 13.2. The average molecular weight is 309 g/mol. The van der Waals surface area contributed by atoms with Gasteiger partial charge in [-0.1, -0.05) is 19.8 Å². The molecule has 1 aliphatic carbocycles. The van der Waals surface area contributed by atoms with Crippen molar-refractivity contribution in [2.24, 2.45) is 5.92 Å². The summed E-state index contributed by atoms with van der Waals surface area (Å²) >= 11 is 1.87. The first-order valence-electron chi connectivity index (χ1n) is 8.14. The summed E-state index contributed by atoms with van der Waals surface area (Å²) in [4.78, 5) is 9.15. The fourth-order valence-corrected chi connectivity index (χ4v) is 3.63. The van der Waals surface area contributed by atoms with E-state index < -0.39 is 0 Å². The van der Waals surface area contributed by atoms with E-state index in [0.29, 0.717) is 13.2 Å². The van der Waals surface area contributed by atoms with E-state index in [1.54, 1.807) is 0 Å². The van der Waals surface area contributed by atoms with Crippen LogP contribution in [-0.4, -0.2) is 28.9 Å². The second kappa shape index (κ2) is 9.26. The maximum Gasteiger partial charge on any atom is 0.157 e. The second-order valence-corrected chi connectivity index (χ2v) is 6.57. The fourth-order valence-electron chi connectivity index (χ4n) is 2.53. The largest absolute Gasteiger partial charge is 0.374 e. The Labute approximate surface area is 132 Å². The van der Waals surface area contributed by atoms with Gasteiger partial charge < -0.3 is 10.1 Å². The van der Waals surface area contributed by atoms with Gasteiger partial charge in [0.05, 0.1) is 0 Å². The van der Waals surface area contributed by atoms with Crippen LogP contribution in [0.3, 0.4) is 0 Å². The summed E-state index contributed by atoms with van der Waals surface area (Å²) in [7, 11) is 0. The Hall–Kier alpha value is -0.810. The molecule has 1 saturated carbocycles. The van der Waals surface area contributed by atoms with Crippen LogP contribution in [0.4, 0.5) is 5.82 Å². The number of anilines is 1. The first-order chi connectivity index (χ1) is 10.3. The zero-order valence-corrected chi connectivity index (χ0v) is 14.0. The monoisotopic (exact) mass is 309 g/mol. The number of hydrogen-bond donors (Lipinski definition) is 1. The summed E-state index contributed by atoms with van der Waals surface area (Å²) in [5, 5.41) is 4.43. The highest BCUT2D eigenvalue weighted by molar-refractivity contribution is 7.99. The van der Waals surface area contributed by atoms with E-state index in [-0.39, 0.29) is 0 Å². The average Bonchev–Trinajstić information content (AvgIpc) is 3.02. The molecular formula is C16H27N3OS. The summed E-state index contributed by atoms with van der Waals surface area (Å²) in [5.41, 5.74) is 0. The lowest BCUT2D eigenvalue weighted by Gasteiger charge is -2.11. The topological polar surface area (TPSA) is 47.0 Å². The third-order valence-corrected chi connectivity index (χ3v) is 4.82. The molecule has 2 rings (SSSR count). The molecule has 1 heterocycles. The van der Waals surface area contributed by atoms with Crippen molar-refractivity contribution >= 4 is 17.6 Å². The maximum absolute atomic E-state index is 5.45. The second-order valence-electron chi connectivity index (χ2n) is 5.53. The van der Waals surface area contributed by atoms with E-state index in [2.05, 4.69) is 28.3 Å². The van der Waals surface area contributed by atoms with Crippen LogP contribution in [0.25, 0.3) is 0 Å². The van der Waals surface area contributed by atoms with Gasteiger partial charge in [0.25, 0.3) is 0 Å². The van der Waals surface area contributed by atoms with Crippen molar-refractivity contribution in [1.29, 1.82) is 0 Å². The van der Waals surface area contributed by atoms with Crippen LogP contribution in [0.1, 0.15) is 51.8 Å². The van der Waals surface area contributed by atoms with Crippen LogP contribution >= 0.6 is 11.8 Å². The SMILES string of the molecule is CCCNc1cc(SCC2CCCC2)nc(COCC)n1. The fraction of sp³-hybridized carbons (Fsp3) is 0.750. The van der Waals surface area contributed by atoms with Crippen molar-refractivity contribution in [3.8, 4) is 0 Å². The molecule has 0 radical (unpaired) electrons. The van der Waals surface area contributed by atoms with E-state index in [4.69, 9.17) is 4.74 Å². The molecule has 1 aliphatic rings. The molecule has 0 bridgehead atoms. The zero-order chi connectivity index (χ0) is 14.9. The lowest BCUT2D eigenvalue weighted by atomic mass is 10.1. The van der Waals surface area contributed by atoms with Crippen LogP contribution in [0.15, 0.2) is 11.1 Å². The minimum Gasteiger partial charge on any atom is -0.374 e. The highest BCUT2D eigenvalue weighted by atomic mass is 32.2. The molecule has 118 valence electrons. The summed E-state index contributed by atoms with van der Waals surface area (Å²) in [6.07, 6.45) is 6.65. The Morgan fingerprint density at radius 1 is 1.29 bits per heavy atom. The van der Waals surface area contributed by atoms with E-state index in [1.165, 1.54) is 31.4 Å². The standard InChI is InChI=1S/C16H27N3OS/c1-3-9-17-14-10-16(19-15(18-14)11-20-4-2)21-12-13-7-5-6-8-13/h10,13H,3-9,11-12H2,1-2H3,(H,17,18,19). The van der Waals surface area contributed by atoms with E-state index >= 15 is 0 Å². The van der Waals surface area contributed by atoms with Crippen molar-refractivity contribution in [3.63, 3.8) is 0 Å². The molecule has 0 spiro atoms. The van der Waals surface area contributed by atoms with Crippen molar-refractivity contribution in [3.05, 3.63) is 11.9 Å². The van der Waals surface area contributed by atoms with Gasteiger partial charge in [-0.05, 0) is 32.1 Å². The molecule has 1 N–H and O–H groups in total. The molecule has 5 heteroatoms. The molecule has 0 atom stereocenters. The lowest BCUT2D eigenvalue weighted by Crippen LogP contribution is -2.07. The lowest BCUT2D eigenvalue weighted by molar-refractivity contribution is 0.128. The number of nitrogens with zero attached hydrogens (tertiary/aromatic N) is 2. The smallest absolute Gasteiger partial charge is 0.157 e. The molecule has 1 aromatic heterocycles. The molecule has 1 fully saturated rings.